The van der Waals surface area contributed by atoms with Crippen molar-refractivity contribution in [2.45, 2.75) is 25.8 Å². The van der Waals surface area contributed by atoms with E-state index >= 15 is 0 Å². The minimum atomic E-state index is 0.792. The number of benzene rings is 1. The Bertz CT molecular complexity index is 575. The number of aliphatic imine (C=N–C) groups is 1. The molecule has 1 aliphatic heterocycles. The minimum Gasteiger partial charge on any atom is -0.385 e. The molecule has 6 heteroatoms. The highest BCUT2D eigenvalue weighted by molar-refractivity contribution is 5.79. The molecule has 2 N–H and O–H groups in total. The third kappa shape index (κ3) is 6.50. The molecule has 0 amide bonds. The fourth-order valence-electron chi connectivity index (χ4n) is 3.31. The van der Waals surface area contributed by atoms with Gasteiger partial charge in [0, 0.05) is 66.2 Å². The van der Waals surface area contributed by atoms with Crippen molar-refractivity contribution in [3.8, 4) is 0 Å². The number of nitrogens with one attached hydrogen (secondary N) is 2. The summed E-state index contributed by atoms with van der Waals surface area (Å²) >= 11 is 0. The molecular formula is C20H35N5O. The van der Waals surface area contributed by atoms with Crippen molar-refractivity contribution in [3.05, 3.63) is 29.3 Å². The average molecular weight is 362 g/mol. The topological polar surface area (TPSA) is 52.1 Å². The molecule has 26 heavy (non-hydrogen) atoms. The van der Waals surface area contributed by atoms with Gasteiger partial charge in [-0.1, -0.05) is 12.1 Å². The summed E-state index contributed by atoms with van der Waals surface area (Å²) in [5.41, 5.74) is 4.14. The Kier molecular flexibility index (Phi) is 8.71. The summed E-state index contributed by atoms with van der Waals surface area (Å²) < 4.78 is 5.09. The maximum Gasteiger partial charge on any atom is 0.191 e. The highest BCUT2D eigenvalue weighted by Gasteiger charge is 2.13. The zero-order valence-corrected chi connectivity index (χ0v) is 16.8. The number of fused-ring (bicyclic) bond motifs is 1. The van der Waals surface area contributed by atoms with E-state index in [0.717, 1.165) is 51.7 Å². The molecular weight excluding hydrogens is 326 g/mol. The van der Waals surface area contributed by atoms with E-state index < -0.39 is 0 Å². The lowest BCUT2D eigenvalue weighted by molar-refractivity contribution is 0.180. The summed E-state index contributed by atoms with van der Waals surface area (Å²) in [6.07, 6.45) is 3.48. The van der Waals surface area contributed by atoms with E-state index in [1.807, 2.05) is 7.05 Å². The second-order valence-electron chi connectivity index (χ2n) is 6.99. The first kappa shape index (κ1) is 20.5. The number of nitrogens with zero attached hydrogens (tertiary/aromatic N) is 3. The van der Waals surface area contributed by atoms with Crippen molar-refractivity contribution >= 4 is 11.6 Å². The predicted octanol–water partition coefficient (Wildman–Crippen LogP) is 1.70. The van der Waals surface area contributed by atoms with Crippen LogP contribution in [0, 0.1) is 0 Å². The van der Waals surface area contributed by atoms with Crippen LogP contribution in [0.1, 0.15) is 24.0 Å². The largest absolute Gasteiger partial charge is 0.385 e. The molecule has 0 saturated heterocycles. The van der Waals surface area contributed by atoms with Crippen LogP contribution in [0.15, 0.2) is 23.2 Å². The van der Waals surface area contributed by atoms with Gasteiger partial charge >= 0.3 is 0 Å². The molecule has 0 spiro atoms. The van der Waals surface area contributed by atoms with E-state index in [0.29, 0.717) is 0 Å². The van der Waals surface area contributed by atoms with Gasteiger partial charge in [-0.2, -0.15) is 0 Å². The van der Waals surface area contributed by atoms with Crippen LogP contribution >= 0.6 is 0 Å². The highest BCUT2D eigenvalue weighted by Crippen LogP contribution is 2.26. The molecule has 2 rings (SSSR count). The van der Waals surface area contributed by atoms with Gasteiger partial charge in [-0.05, 0) is 43.5 Å². The first-order valence-electron chi connectivity index (χ1n) is 9.59. The van der Waals surface area contributed by atoms with Gasteiger partial charge in [0.15, 0.2) is 5.96 Å². The minimum absolute atomic E-state index is 0.792. The van der Waals surface area contributed by atoms with Crippen LogP contribution in [0.4, 0.5) is 5.69 Å². The smallest absolute Gasteiger partial charge is 0.191 e. The molecule has 6 nitrogen and oxygen atoms in total. The van der Waals surface area contributed by atoms with Crippen molar-refractivity contribution < 1.29 is 4.74 Å². The van der Waals surface area contributed by atoms with E-state index in [4.69, 9.17) is 4.74 Å². The Hall–Kier alpha value is -1.79. The van der Waals surface area contributed by atoms with Gasteiger partial charge in [-0.15, -0.1) is 0 Å². The van der Waals surface area contributed by atoms with Crippen molar-refractivity contribution in [1.82, 2.24) is 15.5 Å². The lowest BCUT2D eigenvalue weighted by Gasteiger charge is -2.28. The van der Waals surface area contributed by atoms with E-state index in [1.54, 1.807) is 7.11 Å². The summed E-state index contributed by atoms with van der Waals surface area (Å²) in [7, 11) is 7.88. The van der Waals surface area contributed by atoms with Gasteiger partial charge in [-0.25, -0.2) is 0 Å². The molecule has 0 atom stereocenters. The third-order valence-electron chi connectivity index (χ3n) is 4.85. The third-order valence-corrected chi connectivity index (χ3v) is 4.85. The molecule has 0 fully saturated rings. The van der Waals surface area contributed by atoms with Crippen LogP contribution < -0.4 is 15.5 Å². The van der Waals surface area contributed by atoms with Crippen molar-refractivity contribution in [1.29, 1.82) is 0 Å². The number of guanidine groups is 1. The molecule has 1 aromatic carbocycles. The summed E-state index contributed by atoms with van der Waals surface area (Å²) in [6.45, 7) is 5.66. The standard InChI is InChI=1S/C20H35N5O/c1-21-20(22-10-13-24(2)11-6-14-26-4)23-16-17-8-9-19-18(15-17)7-5-12-25(19)3/h8-9,15H,5-7,10-14,16H2,1-4H3,(H2,21,22,23). The van der Waals surface area contributed by atoms with Gasteiger partial charge in [-0.3, -0.25) is 4.99 Å². The number of hydrogen-bond donors (Lipinski definition) is 2. The van der Waals surface area contributed by atoms with Crippen LogP contribution in [0.2, 0.25) is 0 Å². The average Bonchev–Trinajstić information content (AvgIpc) is 2.65. The van der Waals surface area contributed by atoms with Gasteiger partial charge < -0.3 is 25.2 Å². The second kappa shape index (κ2) is 11.0. The van der Waals surface area contributed by atoms with Crippen LogP contribution in [-0.4, -0.2) is 71.9 Å². The number of rotatable bonds is 9. The molecule has 0 unspecified atom stereocenters. The summed E-state index contributed by atoms with van der Waals surface area (Å²) in [4.78, 5) is 8.97. The zero-order chi connectivity index (χ0) is 18.8. The fourth-order valence-corrected chi connectivity index (χ4v) is 3.31. The number of ether oxygens (including phenoxy) is 1. The maximum atomic E-state index is 5.09. The molecule has 0 saturated carbocycles. The van der Waals surface area contributed by atoms with Crippen LogP contribution in [0.3, 0.4) is 0 Å². The van der Waals surface area contributed by atoms with E-state index in [9.17, 15) is 0 Å². The Balaban J connectivity index is 1.73. The molecule has 1 aliphatic rings. The van der Waals surface area contributed by atoms with Crippen LogP contribution in [0.25, 0.3) is 0 Å². The molecule has 0 radical (unpaired) electrons. The van der Waals surface area contributed by atoms with Crippen molar-refractivity contribution in [2.24, 2.45) is 4.99 Å². The number of anilines is 1. The normalized spacial score (nSPS) is 14.5. The van der Waals surface area contributed by atoms with Crippen molar-refractivity contribution in [3.63, 3.8) is 0 Å². The van der Waals surface area contributed by atoms with Gasteiger partial charge in [0.2, 0.25) is 0 Å². The lowest BCUT2D eigenvalue weighted by Crippen LogP contribution is -2.40. The molecule has 0 bridgehead atoms. The molecule has 0 aromatic heterocycles. The van der Waals surface area contributed by atoms with Gasteiger partial charge in [0.05, 0.1) is 0 Å². The molecule has 1 aromatic rings. The number of likely N-dealkylation sites (N-methyl/N-ethyl adjacent to an activating group) is 1. The van der Waals surface area contributed by atoms with Crippen LogP contribution in [-0.2, 0) is 17.7 Å². The number of hydrogen-bond acceptors (Lipinski definition) is 4. The number of aryl methyl sites for hydroxylation is 1. The van der Waals surface area contributed by atoms with E-state index in [1.165, 1.54) is 29.7 Å². The first-order valence-corrected chi connectivity index (χ1v) is 9.59. The monoisotopic (exact) mass is 361 g/mol. The predicted molar refractivity (Wildman–Crippen MR) is 110 cm³/mol. The highest BCUT2D eigenvalue weighted by atomic mass is 16.5. The lowest BCUT2D eigenvalue weighted by atomic mass is 9.99. The van der Waals surface area contributed by atoms with Gasteiger partial charge in [0.1, 0.15) is 0 Å². The SMILES string of the molecule is CN=C(NCCN(C)CCCOC)NCc1ccc2c(c1)CCCN2C. The molecule has 146 valence electrons. The summed E-state index contributed by atoms with van der Waals surface area (Å²) in [6, 6.07) is 6.79. The summed E-state index contributed by atoms with van der Waals surface area (Å²) in [5, 5.41) is 6.80. The zero-order valence-electron chi connectivity index (χ0n) is 16.8. The Morgan fingerprint density at radius 3 is 2.92 bits per heavy atom. The summed E-state index contributed by atoms with van der Waals surface area (Å²) in [5.74, 6) is 0.852. The fraction of sp³-hybridized carbons (Fsp3) is 0.650. The molecule has 1 heterocycles. The Labute approximate surface area is 158 Å². The Morgan fingerprint density at radius 1 is 1.31 bits per heavy atom. The maximum absolute atomic E-state index is 5.09. The number of methoxy groups -OCH3 is 1. The van der Waals surface area contributed by atoms with Crippen molar-refractivity contribution in [2.75, 3.05) is 65.9 Å². The second-order valence-corrected chi connectivity index (χ2v) is 6.99. The Morgan fingerprint density at radius 2 is 2.15 bits per heavy atom. The van der Waals surface area contributed by atoms with Gasteiger partial charge in [0.25, 0.3) is 0 Å². The van der Waals surface area contributed by atoms with E-state index in [-0.39, 0.29) is 0 Å². The molecule has 0 aliphatic carbocycles. The quantitative estimate of drug-likeness (QED) is 0.398. The van der Waals surface area contributed by atoms with E-state index in [2.05, 4.69) is 57.7 Å². The van der Waals surface area contributed by atoms with Crippen LogP contribution in [0.5, 0.6) is 0 Å². The first-order chi connectivity index (χ1) is 12.6.